The summed E-state index contributed by atoms with van der Waals surface area (Å²) in [7, 11) is 3.52. The maximum Gasteiger partial charge on any atom is 0.179 e. The molecule has 0 bridgehead atoms. The molecule has 2 rings (SSSR count). The van der Waals surface area contributed by atoms with Crippen molar-refractivity contribution < 1.29 is 9.47 Å². The lowest BCUT2D eigenvalue weighted by Crippen LogP contribution is -2.07. The van der Waals surface area contributed by atoms with Crippen molar-refractivity contribution in [2.24, 2.45) is 0 Å². The summed E-state index contributed by atoms with van der Waals surface area (Å²) in [6, 6.07) is 14.1. The highest BCUT2D eigenvalue weighted by atomic mass is 35.5. The van der Waals surface area contributed by atoms with E-state index in [-0.39, 0.29) is 0 Å². The van der Waals surface area contributed by atoms with Crippen molar-refractivity contribution in [2.75, 3.05) is 20.8 Å². The van der Waals surface area contributed by atoms with Gasteiger partial charge in [0.1, 0.15) is 0 Å². The van der Waals surface area contributed by atoms with Gasteiger partial charge in [0.15, 0.2) is 11.5 Å². The van der Waals surface area contributed by atoms with Crippen molar-refractivity contribution in [2.45, 2.75) is 13.0 Å². The number of benzene rings is 2. The van der Waals surface area contributed by atoms with E-state index in [1.165, 1.54) is 5.56 Å². The molecule has 21 heavy (non-hydrogen) atoms. The summed E-state index contributed by atoms with van der Waals surface area (Å²) in [6.07, 6.45) is 0.832. The third-order valence-corrected chi connectivity index (χ3v) is 3.43. The van der Waals surface area contributed by atoms with Gasteiger partial charge in [0.2, 0.25) is 0 Å². The molecule has 0 atom stereocenters. The van der Waals surface area contributed by atoms with E-state index < -0.39 is 0 Å². The normalized spacial score (nSPS) is 10.4. The molecule has 0 heterocycles. The van der Waals surface area contributed by atoms with Crippen LogP contribution in [0, 0.1) is 0 Å². The van der Waals surface area contributed by atoms with Crippen LogP contribution >= 0.6 is 11.6 Å². The maximum atomic E-state index is 6.30. The fourth-order valence-corrected chi connectivity index (χ4v) is 2.42. The van der Waals surface area contributed by atoms with Crippen molar-refractivity contribution in [3.63, 3.8) is 0 Å². The molecule has 0 saturated carbocycles. The highest BCUT2D eigenvalue weighted by Crippen LogP contribution is 2.36. The van der Waals surface area contributed by atoms with Crippen LogP contribution < -0.4 is 14.8 Å². The minimum atomic E-state index is 0.561. The topological polar surface area (TPSA) is 30.5 Å². The van der Waals surface area contributed by atoms with E-state index in [2.05, 4.69) is 17.4 Å². The Hall–Kier alpha value is -1.71. The Bertz CT molecular complexity index is 573. The van der Waals surface area contributed by atoms with Crippen LogP contribution in [0.3, 0.4) is 0 Å². The SMILES string of the molecule is CNCc1cc(Cl)c(OCCc2ccccc2)c(OC)c1. The van der Waals surface area contributed by atoms with Crippen molar-refractivity contribution in [3.8, 4) is 11.5 Å². The first kappa shape index (κ1) is 15.7. The van der Waals surface area contributed by atoms with E-state index in [4.69, 9.17) is 21.1 Å². The van der Waals surface area contributed by atoms with E-state index >= 15 is 0 Å². The van der Waals surface area contributed by atoms with Gasteiger partial charge in [0.05, 0.1) is 18.7 Å². The van der Waals surface area contributed by atoms with Crippen LogP contribution in [0.2, 0.25) is 5.02 Å². The standard InChI is InChI=1S/C17H20ClNO2/c1-19-12-14-10-15(18)17(16(11-14)20-2)21-9-8-13-6-4-3-5-7-13/h3-7,10-11,19H,8-9,12H2,1-2H3. The number of methoxy groups -OCH3 is 1. The molecule has 0 aliphatic heterocycles. The number of nitrogens with one attached hydrogen (secondary N) is 1. The smallest absolute Gasteiger partial charge is 0.179 e. The molecule has 0 aliphatic rings. The minimum Gasteiger partial charge on any atom is -0.493 e. The van der Waals surface area contributed by atoms with E-state index in [1.54, 1.807) is 7.11 Å². The van der Waals surface area contributed by atoms with Crippen molar-refractivity contribution in [1.29, 1.82) is 0 Å². The summed E-state index contributed by atoms with van der Waals surface area (Å²) < 4.78 is 11.2. The number of rotatable bonds is 7. The van der Waals surface area contributed by atoms with Gasteiger partial charge >= 0.3 is 0 Å². The van der Waals surface area contributed by atoms with Crippen molar-refractivity contribution >= 4 is 11.6 Å². The molecule has 0 spiro atoms. The Morgan fingerprint density at radius 3 is 2.52 bits per heavy atom. The number of ether oxygens (including phenoxy) is 2. The van der Waals surface area contributed by atoms with Gasteiger partial charge in [0.25, 0.3) is 0 Å². The van der Waals surface area contributed by atoms with Crippen LogP contribution in [0.25, 0.3) is 0 Å². The molecule has 1 N–H and O–H groups in total. The molecule has 2 aromatic carbocycles. The average Bonchev–Trinajstić information content (AvgIpc) is 2.50. The van der Waals surface area contributed by atoms with Gasteiger partial charge in [-0.1, -0.05) is 41.9 Å². The minimum absolute atomic E-state index is 0.561. The lowest BCUT2D eigenvalue weighted by molar-refractivity contribution is 0.297. The molecule has 0 aliphatic carbocycles. The van der Waals surface area contributed by atoms with Gasteiger partial charge < -0.3 is 14.8 Å². The van der Waals surface area contributed by atoms with Gasteiger partial charge in [-0.2, -0.15) is 0 Å². The second kappa shape index (κ2) is 7.91. The average molecular weight is 306 g/mol. The third kappa shape index (κ3) is 4.38. The first-order valence-electron chi connectivity index (χ1n) is 6.92. The van der Waals surface area contributed by atoms with Crippen LogP contribution in [0.1, 0.15) is 11.1 Å². The monoisotopic (exact) mass is 305 g/mol. The largest absolute Gasteiger partial charge is 0.493 e. The lowest BCUT2D eigenvalue weighted by atomic mass is 10.1. The van der Waals surface area contributed by atoms with Crippen LogP contribution in [0.5, 0.6) is 11.5 Å². The van der Waals surface area contributed by atoms with Gasteiger partial charge in [-0.05, 0) is 30.3 Å². The molecule has 4 heteroatoms. The Morgan fingerprint density at radius 1 is 1.10 bits per heavy atom. The zero-order chi connectivity index (χ0) is 15.1. The highest BCUT2D eigenvalue weighted by Gasteiger charge is 2.11. The zero-order valence-corrected chi connectivity index (χ0v) is 13.1. The van der Waals surface area contributed by atoms with Crippen molar-refractivity contribution in [3.05, 3.63) is 58.6 Å². The van der Waals surface area contributed by atoms with E-state index in [0.717, 1.165) is 18.5 Å². The Labute approximate surface area is 130 Å². The van der Waals surface area contributed by atoms with Gasteiger partial charge in [-0.3, -0.25) is 0 Å². The summed E-state index contributed by atoms with van der Waals surface area (Å²) in [5.41, 5.74) is 2.30. The second-order valence-electron chi connectivity index (χ2n) is 4.72. The number of hydrogen-bond donors (Lipinski definition) is 1. The first-order valence-corrected chi connectivity index (χ1v) is 7.30. The summed E-state index contributed by atoms with van der Waals surface area (Å²) in [4.78, 5) is 0. The summed E-state index contributed by atoms with van der Waals surface area (Å²) in [5, 5.41) is 3.67. The molecule has 3 nitrogen and oxygen atoms in total. The molecule has 0 radical (unpaired) electrons. The third-order valence-electron chi connectivity index (χ3n) is 3.15. The predicted molar refractivity (Wildman–Crippen MR) is 86.4 cm³/mol. The predicted octanol–water partition coefficient (Wildman–Crippen LogP) is 3.69. The molecule has 0 amide bonds. The Kier molecular flexibility index (Phi) is 5.90. The number of hydrogen-bond acceptors (Lipinski definition) is 3. The summed E-state index contributed by atoms with van der Waals surface area (Å²) >= 11 is 6.30. The van der Waals surface area contributed by atoms with Gasteiger partial charge in [0, 0.05) is 13.0 Å². The summed E-state index contributed by atoms with van der Waals surface area (Å²) in [5.74, 6) is 1.27. The first-order chi connectivity index (χ1) is 10.2. The fourth-order valence-electron chi connectivity index (χ4n) is 2.14. The molecule has 112 valence electrons. The van der Waals surface area contributed by atoms with Crippen LogP contribution in [-0.2, 0) is 13.0 Å². The molecule has 0 fully saturated rings. The molecular formula is C17H20ClNO2. The molecular weight excluding hydrogens is 286 g/mol. The van der Waals surface area contributed by atoms with E-state index in [0.29, 0.717) is 23.1 Å². The summed E-state index contributed by atoms with van der Waals surface area (Å²) in [6.45, 7) is 1.30. The van der Waals surface area contributed by atoms with Crippen LogP contribution in [-0.4, -0.2) is 20.8 Å². The Balaban J connectivity index is 2.05. The van der Waals surface area contributed by atoms with Crippen molar-refractivity contribution in [1.82, 2.24) is 5.32 Å². The second-order valence-corrected chi connectivity index (χ2v) is 5.13. The highest BCUT2D eigenvalue weighted by molar-refractivity contribution is 6.32. The quantitative estimate of drug-likeness (QED) is 0.846. The van der Waals surface area contributed by atoms with Gasteiger partial charge in [-0.15, -0.1) is 0 Å². The molecule has 2 aromatic rings. The molecule has 0 aromatic heterocycles. The van der Waals surface area contributed by atoms with Crippen LogP contribution in [0.4, 0.5) is 0 Å². The van der Waals surface area contributed by atoms with E-state index in [9.17, 15) is 0 Å². The van der Waals surface area contributed by atoms with Crippen LogP contribution in [0.15, 0.2) is 42.5 Å². The van der Waals surface area contributed by atoms with Gasteiger partial charge in [-0.25, -0.2) is 0 Å². The fraction of sp³-hybridized carbons (Fsp3) is 0.294. The number of halogens is 1. The lowest BCUT2D eigenvalue weighted by Gasteiger charge is -2.14. The zero-order valence-electron chi connectivity index (χ0n) is 12.4. The van der Waals surface area contributed by atoms with E-state index in [1.807, 2.05) is 37.4 Å². The molecule has 0 saturated heterocycles. The molecule has 0 unspecified atom stereocenters. The maximum absolute atomic E-state index is 6.30. The Morgan fingerprint density at radius 2 is 1.86 bits per heavy atom.